The summed E-state index contributed by atoms with van der Waals surface area (Å²) >= 11 is 0. The summed E-state index contributed by atoms with van der Waals surface area (Å²) in [5.41, 5.74) is 3.22. The second-order valence-electron chi connectivity index (χ2n) is 6.64. The van der Waals surface area contributed by atoms with Crippen LogP contribution in [0.25, 0.3) is 0 Å². The fourth-order valence-corrected chi connectivity index (χ4v) is 2.92. The first-order valence-corrected chi connectivity index (χ1v) is 8.07. The smallest absolute Gasteiger partial charge is 0.227 e. The average Bonchev–Trinajstić information content (AvgIpc) is 2.76. The third-order valence-electron chi connectivity index (χ3n) is 4.17. The highest BCUT2D eigenvalue weighted by atomic mass is 16.2. The van der Waals surface area contributed by atoms with Gasteiger partial charge in [0.2, 0.25) is 11.8 Å². The number of H-pyrrole nitrogens is 1. The highest BCUT2D eigenvalue weighted by Gasteiger charge is 2.24. The Labute approximate surface area is 132 Å². The van der Waals surface area contributed by atoms with E-state index in [-0.39, 0.29) is 11.8 Å². The summed E-state index contributed by atoms with van der Waals surface area (Å²) in [6.45, 7) is 10.7. The van der Waals surface area contributed by atoms with Gasteiger partial charge in [-0.25, -0.2) is 0 Å². The molecular weight excluding hydrogens is 278 g/mol. The Bertz CT molecular complexity index is 540. The van der Waals surface area contributed by atoms with E-state index in [0.29, 0.717) is 44.9 Å². The highest BCUT2D eigenvalue weighted by molar-refractivity contribution is 5.80. The largest absolute Gasteiger partial charge is 0.362 e. The van der Waals surface area contributed by atoms with E-state index < -0.39 is 0 Å². The first-order chi connectivity index (χ1) is 10.4. The molecule has 0 saturated carbocycles. The fraction of sp³-hybridized carbons (Fsp3) is 0.647. The first-order valence-electron chi connectivity index (χ1n) is 8.07. The number of hydrogen-bond acceptors (Lipinski definition) is 2. The second-order valence-corrected chi connectivity index (χ2v) is 6.64. The zero-order chi connectivity index (χ0) is 16.3. The monoisotopic (exact) mass is 305 g/mol. The van der Waals surface area contributed by atoms with Gasteiger partial charge in [-0.15, -0.1) is 0 Å². The van der Waals surface area contributed by atoms with E-state index in [1.54, 1.807) is 0 Å². The van der Waals surface area contributed by atoms with E-state index in [9.17, 15) is 9.59 Å². The van der Waals surface area contributed by atoms with Crippen LogP contribution in [0, 0.1) is 19.8 Å². The van der Waals surface area contributed by atoms with E-state index >= 15 is 0 Å². The van der Waals surface area contributed by atoms with E-state index in [2.05, 4.69) is 18.8 Å². The lowest BCUT2D eigenvalue weighted by atomic mass is 10.1. The molecule has 2 rings (SSSR count). The number of nitrogens with one attached hydrogen (secondary N) is 1. The molecule has 0 aliphatic carbocycles. The molecule has 5 nitrogen and oxygen atoms in total. The molecule has 1 aromatic rings. The van der Waals surface area contributed by atoms with Gasteiger partial charge in [-0.1, -0.05) is 13.8 Å². The van der Waals surface area contributed by atoms with Crippen molar-refractivity contribution in [2.45, 2.75) is 40.5 Å². The van der Waals surface area contributed by atoms with Gasteiger partial charge in [0.1, 0.15) is 0 Å². The van der Waals surface area contributed by atoms with Crippen LogP contribution in [0.3, 0.4) is 0 Å². The fourth-order valence-electron chi connectivity index (χ4n) is 2.92. The lowest BCUT2D eigenvalue weighted by Gasteiger charge is -2.35. The van der Waals surface area contributed by atoms with Crippen LogP contribution in [0.5, 0.6) is 0 Å². The van der Waals surface area contributed by atoms with Crippen molar-refractivity contribution in [3.05, 3.63) is 23.0 Å². The minimum atomic E-state index is 0.151. The molecule has 1 aromatic heterocycles. The van der Waals surface area contributed by atoms with Crippen molar-refractivity contribution in [3.63, 3.8) is 0 Å². The van der Waals surface area contributed by atoms with Gasteiger partial charge >= 0.3 is 0 Å². The number of nitrogens with zero attached hydrogens (tertiary/aromatic N) is 2. The minimum absolute atomic E-state index is 0.151. The van der Waals surface area contributed by atoms with E-state index in [1.165, 1.54) is 0 Å². The normalized spacial score (nSPS) is 15.5. The molecule has 22 heavy (non-hydrogen) atoms. The van der Waals surface area contributed by atoms with Gasteiger partial charge in [0, 0.05) is 44.0 Å². The molecule has 2 heterocycles. The Morgan fingerprint density at radius 3 is 2.09 bits per heavy atom. The quantitative estimate of drug-likeness (QED) is 0.923. The summed E-state index contributed by atoms with van der Waals surface area (Å²) in [6.07, 6.45) is 1.03. The summed E-state index contributed by atoms with van der Waals surface area (Å²) in [4.78, 5) is 31.4. The summed E-state index contributed by atoms with van der Waals surface area (Å²) in [5, 5.41) is 0. The van der Waals surface area contributed by atoms with Crippen LogP contribution in [0.15, 0.2) is 6.07 Å². The molecule has 2 amide bonds. The third kappa shape index (κ3) is 4.12. The van der Waals surface area contributed by atoms with E-state index in [4.69, 9.17) is 0 Å². The number of aromatic nitrogens is 1. The van der Waals surface area contributed by atoms with Gasteiger partial charge < -0.3 is 14.8 Å². The van der Waals surface area contributed by atoms with Crippen LogP contribution in [-0.2, 0) is 16.0 Å². The molecule has 1 aliphatic heterocycles. The molecule has 0 atom stereocenters. The second kappa shape index (κ2) is 6.99. The first kappa shape index (κ1) is 16.6. The van der Waals surface area contributed by atoms with Gasteiger partial charge in [-0.3, -0.25) is 9.59 Å². The molecule has 0 bridgehead atoms. The number of piperazine rings is 1. The number of aryl methyl sites for hydroxylation is 2. The van der Waals surface area contributed by atoms with Crippen LogP contribution < -0.4 is 0 Å². The maximum Gasteiger partial charge on any atom is 0.227 e. The zero-order valence-corrected chi connectivity index (χ0v) is 14.1. The number of carbonyl (C=O) groups is 2. The number of amides is 2. The zero-order valence-electron chi connectivity index (χ0n) is 14.1. The predicted octanol–water partition coefficient (Wildman–Crippen LogP) is 1.89. The van der Waals surface area contributed by atoms with Crippen LogP contribution >= 0.6 is 0 Å². The maximum absolute atomic E-state index is 12.4. The standard InChI is InChI=1S/C17H27N3O2/c1-12(2)9-16(21)19-5-7-20(8-6-19)17(22)11-15-10-13(3)18-14(15)4/h10,12,18H,5-9,11H2,1-4H3. The molecule has 1 saturated heterocycles. The van der Waals surface area contributed by atoms with Crippen molar-refractivity contribution in [1.29, 1.82) is 0 Å². The molecule has 1 N–H and O–H groups in total. The minimum Gasteiger partial charge on any atom is -0.362 e. The number of hydrogen-bond donors (Lipinski definition) is 1. The van der Waals surface area contributed by atoms with Crippen LogP contribution in [0.4, 0.5) is 0 Å². The molecule has 5 heteroatoms. The summed E-state index contributed by atoms with van der Waals surface area (Å²) in [6, 6.07) is 2.04. The summed E-state index contributed by atoms with van der Waals surface area (Å²) in [7, 11) is 0. The number of aromatic amines is 1. The molecular formula is C17H27N3O2. The van der Waals surface area contributed by atoms with Crippen molar-refractivity contribution in [2.24, 2.45) is 5.92 Å². The Kier molecular flexibility index (Phi) is 5.27. The van der Waals surface area contributed by atoms with Crippen molar-refractivity contribution < 1.29 is 9.59 Å². The number of carbonyl (C=O) groups excluding carboxylic acids is 2. The lowest BCUT2D eigenvalue weighted by molar-refractivity contribution is -0.139. The molecule has 0 aromatic carbocycles. The van der Waals surface area contributed by atoms with Crippen molar-refractivity contribution in [3.8, 4) is 0 Å². The summed E-state index contributed by atoms with van der Waals surface area (Å²) in [5.74, 6) is 0.740. The van der Waals surface area contributed by atoms with Crippen molar-refractivity contribution in [1.82, 2.24) is 14.8 Å². The molecule has 122 valence electrons. The molecule has 0 unspecified atom stereocenters. The molecule has 1 aliphatic rings. The van der Waals surface area contributed by atoms with Gasteiger partial charge in [-0.2, -0.15) is 0 Å². The van der Waals surface area contributed by atoms with Crippen molar-refractivity contribution >= 4 is 11.8 Å². The molecule has 0 radical (unpaired) electrons. The van der Waals surface area contributed by atoms with Crippen LogP contribution in [0.2, 0.25) is 0 Å². The topological polar surface area (TPSA) is 56.4 Å². The van der Waals surface area contributed by atoms with E-state index in [1.807, 2.05) is 29.7 Å². The SMILES string of the molecule is Cc1cc(CC(=O)N2CCN(C(=O)CC(C)C)CC2)c(C)[nH]1. The van der Waals surface area contributed by atoms with Gasteiger partial charge in [0.15, 0.2) is 0 Å². The molecule has 0 spiro atoms. The Balaban J connectivity index is 1.85. The third-order valence-corrected chi connectivity index (χ3v) is 4.17. The Hall–Kier alpha value is -1.78. The lowest BCUT2D eigenvalue weighted by Crippen LogP contribution is -2.51. The average molecular weight is 305 g/mol. The van der Waals surface area contributed by atoms with Gasteiger partial charge in [0.25, 0.3) is 0 Å². The van der Waals surface area contributed by atoms with Crippen LogP contribution in [-0.4, -0.2) is 52.8 Å². The van der Waals surface area contributed by atoms with Gasteiger partial charge in [0.05, 0.1) is 6.42 Å². The van der Waals surface area contributed by atoms with E-state index in [0.717, 1.165) is 17.0 Å². The van der Waals surface area contributed by atoms with Crippen molar-refractivity contribution in [2.75, 3.05) is 26.2 Å². The maximum atomic E-state index is 12.4. The predicted molar refractivity (Wildman–Crippen MR) is 86.6 cm³/mol. The molecule has 1 fully saturated rings. The summed E-state index contributed by atoms with van der Waals surface area (Å²) < 4.78 is 0. The Morgan fingerprint density at radius 2 is 1.64 bits per heavy atom. The van der Waals surface area contributed by atoms with Gasteiger partial charge in [-0.05, 0) is 31.4 Å². The highest BCUT2D eigenvalue weighted by Crippen LogP contribution is 2.13. The van der Waals surface area contributed by atoms with Crippen LogP contribution in [0.1, 0.15) is 37.2 Å². The Morgan fingerprint density at radius 1 is 1.09 bits per heavy atom. The number of rotatable bonds is 4.